The Kier molecular flexibility index (Phi) is 5.15. The lowest BCUT2D eigenvalue weighted by Crippen LogP contribution is -2.48. The van der Waals surface area contributed by atoms with E-state index < -0.39 is 10.0 Å². The van der Waals surface area contributed by atoms with Crippen molar-refractivity contribution in [1.29, 1.82) is 0 Å². The third-order valence-electron chi connectivity index (χ3n) is 4.27. The maximum absolute atomic E-state index is 12.8. The van der Waals surface area contributed by atoms with E-state index in [4.69, 9.17) is 0 Å². The Morgan fingerprint density at radius 2 is 1.54 bits per heavy atom. The van der Waals surface area contributed by atoms with Crippen LogP contribution in [-0.4, -0.2) is 49.9 Å². The molecule has 0 aliphatic carbocycles. The van der Waals surface area contributed by atoms with Crippen molar-refractivity contribution in [3.63, 3.8) is 0 Å². The zero-order chi connectivity index (χ0) is 18.7. The Hall–Kier alpha value is -2.58. The van der Waals surface area contributed by atoms with Gasteiger partial charge in [0, 0.05) is 44.5 Å². The number of benzene rings is 2. The van der Waals surface area contributed by atoms with Crippen molar-refractivity contribution in [2.24, 2.45) is 0 Å². The maximum atomic E-state index is 12.8. The molecule has 0 spiro atoms. The second kappa shape index (κ2) is 7.35. The van der Waals surface area contributed by atoms with Gasteiger partial charge in [0.05, 0.1) is 4.90 Å². The first-order valence-corrected chi connectivity index (χ1v) is 9.72. The predicted molar refractivity (Wildman–Crippen MR) is 99.8 cm³/mol. The Labute approximate surface area is 152 Å². The lowest BCUT2D eigenvalue weighted by molar-refractivity contribution is -0.114. The normalized spacial score (nSPS) is 15.7. The summed E-state index contributed by atoms with van der Waals surface area (Å²) in [5.41, 5.74) is 1.52. The number of aromatic hydroxyl groups is 1. The summed E-state index contributed by atoms with van der Waals surface area (Å²) in [6.07, 6.45) is 0. The van der Waals surface area contributed by atoms with E-state index in [1.54, 1.807) is 24.3 Å². The van der Waals surface area contributed by atoms with Crippen LogP contribution in [0.15, 0.2) is 53.4 Å². The molecule has 138 valence electrons. The number of rotatable bonds is 4. The van der Waals surface area contributed by atoms with Crippen molar-refractivity contribution >= 4 is 27.3 Å². The smallest absolute Gasteiger partial charge is 0.243 e. The van der Waals surface area contributed by atoms with Gasteiger partial charge in [0.1, 0.15) is 5.75 Å². The van der Waals surface area contributed by atoms with Crippen LogP contribution in [0.25, 0.3) is 0 Å². The fourth-order valence-corrected chi connectivity index (χ4v) is 4.33. The summed E-state index contributed by atoms with van der Waals surface area (Å²) in [6.45, 7) is 3.33. The number of phenols is 1. The number of anilines is 2. The highest BCUT2D eigenvalue weighted by Gasteiger charge is 2.28. The molecule has 2 aromatic carbocycles. The molecule has 0 radical (unpaired) electrons. The minimum Gasteiger partial charge on any atom is -0.508 e. The number of sulfonamides is 1. The van der Waals surface area contributed by atoms with Gasteiger partial charge >= 0.3 is 0 Å². The summed E-state index contributed by atoms with van der Waals surface area (Å²) in [4.78, 5) is 13.4. The van der Waals surface area contributed by atoms with Crippen LogP contribution in [0.5, 0.6) is 5.75 Å². The number of carbonyl (C=O) groups excluding carboxylic acids is 1. The molecule has 7 nitrogen and oxygen atoms in total. The first-order valence-electron chi connectivity index (χ1n) is 8.28. The van der Waals surface area contributed by atoms with E-state index >= 15 is 0 Å². The standard InChI is InChI=1S/C18H21N3O4S/c1-14(22)19-15-2-8-18(9-3-15)26(24,25)21-12-10-20(11-13-21)16-4-6-17(23)7-5-16/h2-9,23H,10-13H2,1H3,(H,19,22). The van der Waals surface area contributed by atoms with E-state index in [-0.39, 0.29) is 16.6 Å². The Morgan fingerprint density at radius 3 is 2.08 bits per heavy atom. The minimum atomic E-state index is -3.57. The molecule has 0 saturated carbocycles. The van der Waals surface area contributed by atoms with Crippen molar-refractivity contribution in [3.05, 3.63) is 48.5 Å². The van der Waals surface area contributed by atoms with Crippen molar-refractivity contribution in [2.75, 3.05) is 36.4 Å². The fraction of sp³-hybridized carbons (Fsp3) is 0.278. The highest BCUT2D eigenvalue weighted by Crippen LogP contribution is 2.23. The molecule has 0 atom stereocenters. The molecule has 2 N–H and O–H groups in total. The Bertz CT molecular complexity index is 872. The van der Waals surface area contributed by atoms with Crippen LogP contribution in [0.4, 0.5) is 11.4 Å². The topological polar surface area (TPSA) is 90.0 Å². The maximum Gasteiger partial charge on any atom is 0.243 e. The van der Waals surface area contributed by atoms with Crippen LogP contribution >= 0.6 is 0 Å². The number of nitrogens with zero attached hydrogens (tertiary/aromatic N) is 2. The average molecular weight is 375 g/mol. The summed E-state index contributed by atoms with van der Waals surface area (Å²) in [7, 11) is -3.57. The predicted octanol–water partition coefficient (Wildman–Crippen LogP) is 1.86. The van der Waals surface area contributed by atoms with Gasteiger partial charge in [-0.25, -0.2) is 8.42 Å². The van der Waals surface area contributed by atoms with Crippen LogP contribution in [0.3, 0.4) is 0 Å². The molecule has 0 bridgehead atoms. The van der Waals surface area contributed by atoms with E-state index in [2.05, 4.69) is 10.2 Å². The summed E-state index contributed by atoms with van der Waals surface area (Å²) in [5.74, 6) is 0.00336. The zero-order valence-electron chi connectivity index (χ0n) is 14.4. The minimum absolute atomic E-state index is 0.203. The van der Waals surface area contributed by atoms with Gasteiger partial charge in [-0.2, -0.15) is 4.31 Å². The molecule has 0 unspecified atom stereocenters. The second-order valence-corrected chi connectivity index (χ2v) is 8.05. The molecule has 26 heavy (non-hydrogen) atoms. The SMILES string of the molecule is CC(=O)Nc1ccc(S(=O)(=O)N2CCN(c3ccc(O)cc3)CC2)cc1. The highest BCUT2D eigenvalue weighted by atomic mass is 32.2. The van der Waals surface area contributed by atoms with Gasteiger partial charge in [-0.1, -0.05) is 0 Å². The van der Waals surface area contributed by atoms with E-state index in [1.165, 1.54) is 23.4 Å². The Balaban J connectivity index is 1.67. The van der Waals surface area contributed by atoms with Crippen LogP contribution in [0.2, 0.25) is 0 Å². The molecule has 3 rings (SSSR count). The zero-order valence-corrected chi connectivity index (χ0v) is 15.2. The number of hydrogen-bond acceptors (Lipinski definition) is 5. The summed E-state index contributed by atoms with van der Waals surface area (Å²) in [5, 5.41) is 12.0. The molecule has 8 heteroatoms. The van der Waals surface area contributed by atoms with Gasteiger partial charge in [-0.15, -0.1) is 0 Å². The molecule has 1 amide bonds. The fourth-order valence-electron chi connectivity index (χ4n) is 2.91. The lowest BCUT2D eigenvalue weighted by Gasteiger charge is -2.35. The molecular formula is C18H21N3O4S. The summed E-state index contributed by atoms with van der Waals surface area (Å²) in [6, 6.07) is 13.1. The van der Waals surface area contributed by atoms with Gasteiger partial charge in [0.15, 0.2) is 0 Å². The molecular weight excluding hydrogens is 354 g/mol. The molecule has 1 aliphatic heterocycles. The second-order valence-electron chi connectivity index (χ2n) is 6.11. The quantitative estimate of drug-likeness (QED) is 0.851. The molecule has 1 saturated heterocycles. The van der Waals surface area contributed by atoms with Crippen molar-refractivity contribution in [3.8, 4) is 5.75 Å². The van der Waals surface area contributed by atoms with Gasteiger partial charge in [-0.05, 0) is 48.5 Å². The third-order valence-corrected chi connectivity index (χ3v) is 6.18. The van der Waals surface area contributed by atoms with Crippen molar-refractivity contribution in [1.82, 2.24) is 4.31 Å². The van der Waals surface area contributed by atoms with E-state index in [1.807, 2.05) is 12.1 Å². The molecule has 0 aromatic heterocycles. The molecule has 1 heterocycles. The lowest BCUT2D eigenvalue weighted by atomic mass is 10.2. The van der Waals surface area contributed by atoms with Crippen LogP contribution in [0, 0.1) is 0 Å². The number of amides is 1. The van der Waals surface area contributed by atoms with E-state index in [0.29, 0.717) is 31.9 Å². The largest absolute Gasteiger partial charge is 0.508 e. The Morgan fingerprint density at radius 1 is 0.962 bits per heavy atom. The van der Waals surface area contributed by atoms with E-state index in [9.17, 15) is 18.3 Å². The van der Waals surface area contributed by atoms with Crippen molar-refractivity contribution < 1.29 is 18.3 Å². The first-order chi connectivity index (χ1) is 12.4. The molecule has 2 aromatic rings. The molecule has 1 aliphatic rings. The van der Waals surface area contributed by atoms with Crippen LogP contribution in [-0.2, 0) is 14.8 Å². The number of phenolic OH excluding ortho intramolecular Hbond substituents is 1. The number of nitrogens with one attached hydrogen (secondary N) is 1. The average Bonchev–Trinajstić information content (AvgIpc) is 2.62. The number of hydrogen-bond donors (Lipinski definition) is 2. The monoisotopic (exact) mass is 375 g/mol. The van der Waals surface area contributed by atoms with Gasteiger partial charge in [0.2, 0.25) is 15.9 Å². The van der Waals surface area contributed by atoms with Gasteiger partial charge in [-0.3, -0.25) is 4.79 Å². The van der Waals surface area contributed by atoms with Gasteiger partial charge in [0.25, 0.3) is 0 Å². The molecule has 1 fully saturated rings. The first kappa shape index (κ1) is 18.2. The number of piperazine rings is 1. The van der Waals surface area contributed by atoms with Crippen LogP contribution < -0.4 is 10.2 Å². The highest BCUT2D eigenvalue weighted by molar-refractivity contribution is 7.89. The van der Waals surface area contributed by atoms with Crippen molar-refractivity contribution in [2.45, 2.75) is 11.8 Å². The summed E-state index contributed by atoms with van der Waals surface area (Å²) >= 11 is 0. The number of carbonyl (C=O) groups is 1. The van der Waals surface area contributed by atoms with Crippen LogP contribution in [0.1, 0.15) is 6.92 Å². The van der Waals surface area contributed by atoms with Gasteiger partial charge < -0.3 is 15.3 Å². The van der Waals surface area contributed by atoms with E-state index in [0.717, 1.165) is 5.69 Å². The summed E-state index contributed by atoms with van der Waals surface area (Å²) < 4.78 is 27.1. The third kappa shape index (κ3) is 3.97.